The van der Waals surface area contributed by atoms with Crippen LogP contribution in [0.2, 0.25) is 0 Å². The molecule has 0 saturated carbocycles. The minimum atomic E-state index is 0.289. The average Bonchev–Trinajstić information content (AvgIpc) is 2.66. The van der Waals surface area contributed by atoms with Crippen molar-refractivity contribution >= 4 is 11.3 Å². The largest absolute Gasteiger partial charge is 0.385 e. The molecule has 3 N–H and O–H groups in total. The maximum Gasteiger partial charge on any atom is 0.0554 e. The van der Waals surface area contributed by atoms with E-state index in [0.29, 0.717) is 0 Å². The van der Waals surface area contributed by atoms with E-state index >= 15 is 0 Å². The quantitative estimate of drug-likeness (QED) is 0.361. The smallest absolute Gasteiger partial charge is 0.0554 e. The number of hydrazine groups is 1. The molecule has 1 aromatic rings. The van der Waals surface area contributed by atoms with Crippen molar-refractivity contribution < 1.29 is 4.74 Å². The molecule has 2 rings (SSSR count). The normalized spacial score (nSPS) is 17.2. The molecule has 0 radical (unpaired) electrons. The number of fused-ring (bicyclic) bond motifs is 1. The molecule has 1 heterocycles. The van der Waals surface area contributed by atoms with Gasteiger partial charge in [0.05, 0.1) is 6.04 Å². The van der Waals surface area contributed by atoms with Crippen LogP contribution in [-0.4, -0.2) is 13.7 Å². The molecule has 102 valence electrons. The van der Waals surface area contributed by atoms with E-state index in [-0.39, 0.29) is 6.04 Å². The number of rotatable bonds is 6. The summed E-state index contributed by atoms with van der Waals surface area (Å²) in [5, 5.41) is 0. The van der Waals surface area contributed by atoms with Crippen LogP contribution in [0.15, 0.2) is 6.07 Å². The van der Waals surface area contributed by atoms with Crippen molar-refractivity contribution in [2.24, 2.45) is 5.84 Å². The Morgan fingerprint density at radius 3 is 3.00 bits per heavy atom. The van der Waals surface area contributed by atoms with Gasteiger partial charge in [-0.1, -0.05) is 6.42 Å². The van der Waals surface area contributed by atoms with E-state index < -0.39 is 0 Å². The van der Waals surface area contributed by atoms with Crippen LogP contribution in [0.1, 0.15) is 53.5 Å². The van der Waals surface area contributed by atoms with E-state index in [0.717, 1.165) is 19.4 Å². The lowest BCUT2D eigenvalue weighted by Gasteiger charge is -2.13. The van der Waals surface area contributed by atoms with Crippen LogP contribution in [0.5, 0.6) is 0 Å². The van der Waals surface area contributed by atoms with Gasteiger partial charge in [0.15, 0.2) is 0 Å². The van der Waals surface area contributed by atoms with E-state index in [9.17, 15) is 0 Å². The molecule has 0 aliphatic heterocycles. The maximum atomic E-state index is 5.69. The topological polar surface area (TPSA) is 47.3 Å². The second kappa shape index (κ2) is 7.24. The fraction of sp³-hybridized carbons (Fsp3) is 0.714. The molecule has 3 nitrogen and oxygen atoms in total. The number of nitrogens with two attached hydrogens (primary N) is 1. The minimum Gasteiger partial charge on any atom is -0.385 e. The number of hydrogen-bond donors (Lipinski definition) is 2. The van der Waals surface area contributed by atoms with Crippen LogP contribution in [0.25, 0.3) is 0 Å². The van der Waals surface area contributed by atoms with Gasteiger partial charge in [-0.05, 0) is 50.2 Å². The molecule has 0 bridgehead atoms. The van der Waals surface area contributed by atoms with Crippen LogP contribution in [0.4, 0.5) is 0 Å². The third-order valence-corrected chi connectivity index (χ3v) is 5.00. The van der Waals surface area contributed by atoms with Gasteiger partial charge in [0.2, 0.25) is 0 Å². The highest BCUT2D eigenvalue weighted by Gasteiger charge is 2.17. The molecule has 18 heavy (non-hydrogen) atoms. The van der Waals surface area contributed by atoms with Crippen molar-refractivity contribution in [2.45, 2.75) is 51.0 Å². The summed E-state index contributed by atoms with van der Waals surface area (Å²) in [7, 11) is 1.75. The van der Waals surface area contributed by atoms with E-state index in [1.54, 1.807) is 17.6 Å². The van der Waals surface area contributed by atoms with Crippen LogP contribution < -0.4 is 11.3 Å². The van der Waals surface area contributed by atoms with Crippen molar-refractivity contribution in [3.05, 3.63) is 21.4 Å². The Hall–Kier alpha value is -0.420. The van der Waals surface area contributed by atoms with Crippen molar-refractivity contribution in [3.8, 4) is 0 Å². The predicted octanol–water partition coefficient (Wildman–Crippen LogP) is 2.95. The van der Waals surface area contributed by atoms with Crippen molar-refractivity contribution in [3.63, 3.8) is 0 Å². The van der Waals surface area contributed by atoms with E-state index in [2.05, 4.69) is 11.5 Å². The Morgan fingerprint density at radius 1 is 1.39 bits per heavy atom. The number of nitrogens with one attached hydrogen (secondary N) is 1. The Morgan fingerprint density at radius 2 is 2.22 bits per heavy atom. The van der Waals surface area contributed by atoms with Crippen molar-refractivity contribution in [1.29, 1.82) is 0 Å². The number of methoxy groups -OCH3 is 1. The second-order valence-corrected chi connectivity index (χ2v) is 6.18. The van der Waals surface area contributed by atoms with Gasteiger partial charge in [0, 0.05) is 23.5 Å². The summed E-state index contributed by atoms with van der Waals surface area (Å²) in [6, 6.07) is 2.67. The van der Waals surface area contributed by atoms with E-state index in [1.165, 1.54) is 37.0 Å². The lowest BCUT2D eigenvalue weighted by Crippen LogP contribution is -2.27. The summed E-state index contributed by atoms with van der Waals surface area (Å²) in [5.41, 5.74) is 4.53. The highest BCUT2D eigenvalue weighted by atomic mass is 32.1. The molecule has 1 aliphatic carbocycles. The molecular weight excluding hydrogens is 244 g/mol. The fourth-order valence-corrected chi connectivity index (χ4v) is 3.95. The van der Waals surface area contributed by atoms with Gasteiger partial charge in [0.1, 0.15) is 0 Å². The summed E-state index contributed by atoms with van der Waals surface area (Å²) >= 11 is 1.96. The summed E-state index contributed by atoms with van der Waals surface area (Å²) in [6.07, 6.45) is 8.67. The monoisotopic (exact) mass is 268 g/mol. The molecule has 1 aliphatic rings. The van der Waals surface area contributed by atoms with Gasteiger partial charge in [-0.15, -0.1) is 11.3 Å². The molecule has 1 atom stereocenters. The molecule has 0 amide bonds. The third-order valence-electron chi connectivity index (χ3n) is 3.65. The second-order valence-electron chi connectivity index (χ2n) is 5.01. The number of hydrogen-bond acceptors (Lipinski definition) is 4. The first-order chi connectivity index (χ1) is 8.85. The molecule has 4 heteroatoms. The first-order valence-corrected chi connectivity index (χ1v) is 7.73. The zero-order chi connectivity index (χ0) is 12.8. The summed E-state index contributed by atoms with van der Waals surface area (Å²) in [6.45, 7) is 0.809. The van der Waals surface area contributed by atoms with Gasteiger partial charge >= 0.3 is 0 Å². The van der Waals surface area contributed by atoms with Crippen LogP contribution >= 0.6 is 11.3 Å². The Bertz CT molecular complexity index is 341. The minimum absolute atomic E-state index is 0.289. The zero-order valence-electron chi connectivity index (χ0n) is 11.2. The molecule has 0 saturated heterocycles. The predicted molar refractivity (Wildman–Crippen MR) is 76.8 cm³/mol. The van der Waals surface area contributed by atoms with Gasteiger partial charge in [-0.25, -0.2) is 0 Å². The number of ether oxygens (including phenoxy) is 1. The number of aryl methyl sites for hydroxylation is 2. The fourth-order valence-electron chi connectivity index (χ4n) is 2.60. The average molecular weight is 268 g/mol. The van der Waals surface area contributed by atoms with Crippen LogP contribution in [0.3, 0.4) is 0 Å². The van der Waals surface area contributed by atoms with E-state index in [4.69, 9.17) is 10.6 Å². The molecule has 0 aromatic carbocycles. The van der Waals surface area contributed by atoms with Crippen LogP contribution in [0, 0.1) is 0 Å². The molecule has 0 spiro atoms. The first-order valence-electron chi connectivity index (χ1n) is 6.91. The third kappa shape index (κ3) is 3.54. The molecule has 1 aromatic heterocycles. The van der Waals surface area contributed by atoms with Crippen LogP contribution in [-0.2, 0) is 17.6 Å². The Balaban J connectivity index is 2.02. The lowest BCUT2D eigenvalue weighted by molar-refractivity contribution is 0.189. The highest BCUT2D eigenvalue weighted by molar-refractivity contribution is 7.12. The molecule has 0 fully saturated rings. The van der Waals surface area contributed by atoms with Crippen molar-refractivity contribution in [1.82, 2.24) is 5.43 Å². The maximum absolute atomic E-state index is 5.69. The molecule has 1 unspecified atom stereocenters. The van der Waals surface area contributed by atoms with Gasteiger partial charge in [0.25, 0.3) is 0 Å². The standard InChI is InChI=1S/C14H24N2OS/c1-17-9-5-7-12(16-15)14-10-11-6-3-2-4-8-13(11)18-14/h10,12,16H,2-9,15H2,1H3. The summed E-state index contributed by atoms with van der Waals surface area (Å²) in [5.74, 6) is 5.69. The summed E-state index contributed by atoms with van der Waals surface area (Å²) < 4.78 is 5.11. The van der Waals surface area contributed by atoms with Crippen molar-refractivity contribution in [2.75, 3.05) is 13.7 Å². The highest BCUT2D eigenvalue weighted by Crippen LogP contribution is 2.33. The van der Waals surface area contributed by atoms with Gasteiger partial charge < -0.3 is 4.74 Å². The Labute approximate surface area is 114 Å². The zero-order valence-corrected chi connectivity index (χ0v) is 12.0. The van der Waals surface area contributed by atoms with Gasteiger partial charge in [-0.3, -0.25) is 11.3 Å². The number of thiophene rings is 1. The molecular formula is C14H24N2OS. The SMILES string of the molecule is COCCCC(NN)c1cc2c(s1)CCCCC2. The van der Waals surface area contributed by atoms with E-state index in [1.807, 2.05) is 11.3 Å². The summed E-state index contributed by atoms with van der Waals surface area (Å²) in [4.78, 5) is 3.00. The lowest BCUT2D eigenvalue weighted by atomic mass is 10.1. The first kappa shape index (κ1) is 14.0. The van der Waals surface area contributed by atoms with Gasteiger partial charge in [-0.2, -0.15) is 0 Å². The Kier molecular flexibility index (Phi) is 5.63.